The average molecular weight is 267 g/mol. The summed E-state index contributed by atoms with van der Waals surface area (Å²) in [5.41, 5.74) is 3.59. The quantitative estimate of drug-likeness (QED) is 0.800. The number of hydrogen-bond donors (Lipinski definition) is 1. The Morgan fingerprint density at radius 3 is 2.20 bits per heavy atom. The number of rotatable bonds is 6. The summed E-state index contributed by atoms with van der Waals surface area (Å²) >= 11 is 0. The molecule has 20 heavy (non-hydrogen) atoms. The van der Waals surface area contributed by atoms with Crippen LogP contribution in [-0.4, -0.2) is 13.7 Å². The Bertz CT molecular complexity index is 545. The Morgan fingerprint density at radius 2 is 1.65 bits per heavy atom. The van der Waals surface area contributed by atoms with Crippen LogP contribution in [0.3, 0.4) is 0 Å². The van der Waals surface area contributed by atoms with Gasteiger partial charge in [-0.15, -0.1) is 0 Å². The van der Waals surface area contributed by atoms with Gasteiger partial charge in [-0.2, -0.15) is 0 Å². The van der Waals surface area contributed by atoms with Gasteiger partial charge in [0, 0.05) is 6.54 Å². The molecule has 2 heteroatoms. The summed E-state index contributed by atoms with van der Waals surface area (Å²) in [6.07, 6.45) is 0. The summed E-state index contributed by atoms with van der Waals surface area (Å²) in [5, 5.41) is 3.55. The van der Waals surface area contributed by atoms with Gasteiger partial charge in [0.05, 0.1) is 13.2 Å². The smallest absolute Gasteiger partial charge is 0.118 e. The summed E-state index contributed by atoms with van der Waals surface area (Å²) in [7, 11) is 1.68. The van der Waals surface area contributed by atoms with Gasteiger partial charge >= 0.3 is 0 Å². The highest BCUT2D eigenvalue weighted by molar-refractivity contribution is 5.35. The lowest BCUT2D eigenvalue weighted by Gasteiger charge is -2.20. The van der Waals surface area contributed by atoms with E-state index in [0.29, 0.717) is 0 Å². The summed E-state index contributed by atoms with van der Waals surface area (Å²) in [6.45, 7) is 6.79. The van der Waals surface area contributed by atoms with Crippen molar-refractivity contribution in [2.45, 2.75) is 13.0 Å². The van der Waals surface area contributed by atoms with Gasteiger partial charge in [0.25, 0.3) is 0 Å². The standard InChI is InChI=1S/C18H21NO/c1-14(2)13-19-18(15-7-5-4-6-8-15)16-9-11-17(20-3)12-10-16/h4-12,18-19H,1,13H2,2-3H3. The Balaban J connectivity index is 2.27. The van der Waals surface area contributed by atoms with E-state index in [0.717, 1.165) is 17.9 Å². The van der Waals surface area contributed by atoms with E-state index >= 15 is 0 Å². The lowest BCUT2D eigenvalue weighted by molar-refractivity contribution is 0.414. The van der Waals surface area contributed by atoms with Crippen LogP contribution in [0.1, 0.15) is 24.1 Å². The molecule has 2 nitrogen and oxygen atoms in total. The van der Waals surface area contributed by atoms with Crippen LogP contribution in [0.5, 0.6) is 5.75 Å². The van der Waals surface area contributed by atoms with E-state index in [1.54, 1.807) is 7.11 Å². The predicted molar refractivity (Wildman–Crippen MR) is 84.1 cm³/mol. The molecule has 0 fully saturated rings. The van der Waals surface area contributed by atoms with E-state index in [9.17, 15) is 0 Å². The number of methoxy groups -OCH3 is 1. The zero-order valence-corrected chi connectivity index (χ0v) is 12.1. The van der Waals surface area contributed by atoms with Crippen molar-refractivity contribution in [2.75, 3.05) is 13.7 Å². The molecule has 0 aliphatic rings. The molecule has 0 aliphatic carbocycles. The minimum Gasteiger partial charge on any atom is -0.497 e. The van der Waals surface area contributed by atoms with Crippen LogP contribution in [0.4, 0.5) is 0 Å². The van der Waals surface area contributed by atoms with Crippen molar-refractivity contribution in [3.05, 3.63) is 77.9 Å². The molecular weight excluding hydrogens is 246 g/mol. The third-order valence-electron chi connectivity index (χ3n) is 3.19. The van der Waals surface area contributed by atoms with Gasteiger partial charge in [-0.25, -0.2) is 0 Å². The topological polar surface area (TPSA) is 21.3 Å². The minimum absolute atomic E-state index is 0.166. The van der Waals surface area contributed by atoms with Gasteiger partial charge in [-0.05, 0) is 30.2 Å². The third kappa shape index (κ3) is 3.72. The monoisotopic (exact) mass is 267 g/mol. The summed E-state index contributed by atoms with van der Waals surface area (Å²) in [6, 6.07) is 18.8. The molecule has 2 rings (SSSR count). The second-order valence-electron chi connectivity index (χ2n) is 4.95. The molecule has 104 valence electrons. The number of hydrogen-bond acceptors (Lipinski definition) is 2. The first-order chi connectivity index (χ1) is 9.70. The van der Waals surface area contributed by atoms with Crippen molar-refractivity contribution in [1.29, 1.82) is 0 Å². The maximum Gasteiger partial charge on any atom is 0.118 e. The molecule has 1 atom stereocenters. The van der Waals surface area contributed by atoms with Crippen molar-refractivity contribution in [3.63, 3.8) is 0 Å². The minimum atomic E-state index is 0.166. The zero-order valence-electron chi connectivity index (χ0n) is 12.1. The van der Waals surface area contributed by atoms with E-state index in [1.165, 1.54) is 11.1 Å². The first kappa shape index (κ1) is 14.4. The normalized spacial score (nSPS) is 11.9. The highest BCUT2D eigenvalue weighted by atomic mass is 16.5. The highest BCUT2D eigenvalue weighted by Gasteiger charge is 2.13. The highest BCUT2D eigenvalue weighted by Crippen LogP contribution is 2.24. The first-order valence-electron chi connectivity index (χ1n) is 6.77. The van der Waals surface area contributed by atoms with E-state index in [4.69, 9.17) is 4.74 Å². The van der Waals surface area contributed by atoms with Crippen LogP contribution in [0.15, 0.2) is 66.7 Å². The van der Waals surface area contributed by atoms with E-state index < -0.39 is 0 Å². The lowest BCUT2D eigenvalue weighted by Crippen LogP contribution is -2.23. The largest absolute Gasteiger partial charge is 0.497 e. The number of benzene rings is 2. The molecule has 0 spiro atoms. The van der Waals surface area contributed by atoms with Crippen LogP contribution >= 0.6 is 0 Å². The Hall–Kier alpha value is -2.06. The lowest BCUT2D eigenvalue weighted by atomic mass is 9.98. The number of ether oxygens (including phenoxy) is 1. The van der Waals surface area contributed by atoms with E-state index in [1.807, 2.05) is 25.1 Å². The molecule has 0 saturated heterocycles. The molecule has 2 aromatic carbocycles. The first-order valence-corrected chi connectivity index (χ1v) is 6.77. The van der Waals surface area contributed by atoms with Crippen LogP contribution in [0.2, 0.25) is 0 Å². The summed E-state index contributed by atoms with van der Waals surface area (Å²) in [5.74, 6) is 0.875. The van der Waals surface area contributed by atoms with Gasteiger partial charge in [-0.3, -0.25) is 0 Å². The fraction of sp³-hybridized carbons (Fsp3) is 0.222. The van der Waals surface area contributed by atoms with E-state index in [-0.39, 0.29) is 6.04 Å². The third-order valence-corrected chi connectivity index (χ3v) is 3.19. The molecule has 2 aromatic rings. The SMILES string of the molecule is C=C(C)CNC(c1ccccc1)c1ccc(OC)cc1. The molecule has 1 unspecified atom stereocenters. The fourth-order valence-electron chi connectivity index (χ4n) is 2.15. The van der Waals surface area contributed by atoms with Crippen molar-refractivity contribution in [1.82, 2.24) is 5.32 Å². The average Bonchev–Trinajstić information content (AvgIpc) is 2.49. The number of nitrogens with one attached hydrogen (secondary N) is 1. The maximum atomic E-state index is 5.22. The van der Waals surface area contributed by atoms with Crippen molar-refractivity contribution in [3.8, 4) is 5.75 Å². The molecule has 0 radical (unpaired) electrons. The molecule has 0 aliphatic heterocycles. The summed E-state index contributed by atoms with van der Waals surface area (Å²) in [4.78, 5) is 0. The predicted octanol–water partition coefficient (Wildman–Crippen LogP) is 3.95. The van der Waals surface area contributed by atoms with Crippen molar-refractivity contribution in [2.24, 2.45) is 0 Å². The van der Waals surface area contributed by atoms with Crippen LogP contribution in [0, 0.1) is 0 Å². The Morgan fingerprint density at radius 1 is 1.05 bits per heavy atom. The molecule has 1 N–H and O–H groups in total. The van der Waals surface area contributed by atoms with Gasteiger partial charge in [-0.1, -0.05) is 54.6 Å². The second-order valence-corrected chi connectivity index (χ2v) is 4.95. The van der Waals surface area contributed by atoms with Crippen molar-refractivity contribution < 1.29 is 4.74 Å². The molecule has 0 bridgehead atoms. The molecule has 0 aromatic heterocycles. The Labute approximate surface area is 121 Å². The molecule has 0 amide bonds. The fourth-order valence-corrected chi connectivity index (χ4v) is 2.15. The van der Waals surface area contributed by atoms with Gasteiger partial charge in [0.1, 0.15) is 5.75 Å². The van der Waals surface area contributed by atoms with Gasteiger partial charge < -0.3 is 10.1 Å². The second kappa shape index (κ2) is 6.92. The Kier molecular flexibility index (Phi) is 4.97. The van der Waals surface area contributed by atoms with Crippen LogP contribution < -0.4 is 10.1 Å². The van der Waals surface area contributed by atoms with Gasteiger partial charge in [0.2, 0.25) is 0 Å². The molecule has 0 heterocycles. The zero-order chi connectivity index (χ0) is 14.4. The molecular formula is C18H21NO. The van der Waals surface area contributed by atoms with Gasteiger partial charge in [0.15, 0.2) is 0 Å². The van der Waals surface area contributed by atoms with Crippen molar-refractivity contribution >= 4 is 0 Å². The van der Waals surface area contributed by atoms with E-state index in [2.05, 4.69) is 48.3 Å². The van der Waals surface area contributed by atoms with Crippen LogP contribution in [0.25, 0.3) is 0 Å². The molecule has 0 saturated carbocycles. The maximum absolute atomic E-state index is 5.22. The summed E-state index contributed by atoms with van der Waals surface area (Å²) < 4.78 is 5.22. The van der Waals surface area contributed by atoms with Crippen LogP contribution in [-0.2, 0) is 0 Å².